The van der Waals surface area contributed by atoms with Gasteiger partial charge in [-0.1, -0.05) is 0 Å². The van der Waals surface area contributed by atoms with Crippen LogP contribution in [0.2, 0.25) is 0 Å². The second-order valence-electron chi connectivity index (χ2n) is 5.04. The van der Waals surface area contributed by atoms with Gasteiger partial charge >= 0.3 is 5.97 Å². The highest BCUT2D eigenvalue weighted by Gasteiger charge is 2.35. The summed E-state index contributed by atoms with van der Waals surface area (Å²) < 4.78 is 27.7. The van der Waals surface area contributed by atoms with E-state index in [9.17, 15) is 13.2 Å². The highest BCUT2D eigenvalue weighted by atomic mass is 32.2. The third-order valence-corrected chi connectivity index (χ3v) is 5.44. The van der Waals surface area contributed by atoms with E-state index in [2.05, 4.69) is 5.10 Å². The van der Waals surface area contributed by atoms with E-state index in [1.165, 1.54) is 16.7 Å². The molecular formula is C12H19N3O5S. The molecule has 1 fully saturated rings. The summed E-state index contributed by atoms with van der Waals surface area (Å²) in [7, 11) is -3.66. The van der Waals surface area contributed by atoms with Crippen molar-refractivity contribution in [3.8, 4) is 0 Å². The summed E-state index contributed by atoms with van der Waals surface area (Å²) >= 11 is 0. The van der Waals surface area contributed by atoms with Crippen molar-refractivity contribution >= 4 is 16.0 Å². The van der Waals surface area contributed by atoms with E-state index in [1.807, 2.05) is 0 Å². The molecule has 1 aromatic heterocycles. The molecule has 0 amide bonds. The van der Waals surface area contributed by atoms with Crippen LogP contribution in [0.5, 0.6) is 0 Å². The number of carbonyl (C=O) groups is 1. The van der Waals surface area contributed by atoms with E-state index in [0.717, 1.165) is 17.5 Å². The van der Waals surface area contributed by atoms with Gasteiger partial charge in [-0.05, 0) is 25.7 Å². The smallest absolute Gasteiger partial charge is 0.325 e. The Kier molecular flexibility index (Phi) is 4.96. The molecule has 9 heteroatoms. The van der Waals surface area contributed by atoms with Gasteiger partial charge in [-0.15, -0.1) is 0 Å². The maximum atomic E-state index is 12.6. The molecule has 1 atom stereocenters. The molecule has 1 aliphatic rings. The zero-order chi connectivity index (χ0) is 15.5. The zero-order valence-electron chi connectivity index (χ0n) is 11.6. The lowest BCUT2D eigenvalue weighted by Gasteiger charge is -2.23. The van der Waals surface area contributed by atoms with E-state index >= 15 is 0 Å². The Bertz CT molecular complexity index is 598. The van der Waals surface area contributed by atoms with Gasteiger partial charge in [0.2, 0.25) is 10.0 Å². The lowest BCUT2D eigenvalue weighted by atomic mass is 10.1. The van der Waals surface area contributed by atoms with Crippen molar-refractivity contribution in [2.45, 2.75) is 43.2 Å². The van der Waals surface area contributed by atoms with Crippen LogP contribution in [0, 0.1) is 0 Å². The molecule has 2 rings (SSSR count). The first-order valence-electron chi connectivity index (χ1n) is 6.82. The van der Waals surface area contributed by atoms with Crippen LogP contribution >= 0.6 is 0 Å². The second-order valence-corrected chi connectivity index (χ2v) is 6.94. The van der Waals surface area contributed by atoms with Crippen LogP contribution in [0.25, 0.3) is 0 Å². The van der Waals surface area contributed by atoms with Crippen LogP contribution in [0.1, 0.15) is 25.7 Å². The van der Waals surface area contributed by atoms with Gasteiger partial charge in [-0.3, -0.25) is 9.48 Å². The standard InChI is InChI=1S/C12H19N3O5S/c16-6-2-4-10-3-1-5-15(10)21(19,20)11-7-13-14(8-11)9-12(17)18/h7-8,10,16H,1-6,9H2,(H,17,18). The topological polar surface area (TPSA) is 113 Å². The van der Waals surface area contributed by atoms with Gasteiger partial charge in [0.1, 0.15) is 11.4 Å². The van der Waals surface area contributed by atoms with Crippen molar-refractivity contribution in [2.75, 3.05) is 13.2 Å². The maximum Gasteiger partial charge on any atom is 0.325 e. The first-order chi connectivity index (χ1) is 9.95. The largest absolute Gasteiger partial charge is 0.480 e. The average molecular weight is 317 g/mol. The van der Waals surface area contributed by atoms with Gasteiger partial charge in [0.15, 0.2) is 0 Å². The molecular weight excluding hydrogens is 298 g/mol. The normalized spacial score (nSPS) is 20.0. The van der Waals surface area contributed by atoms with E-state index in [4.69, 9.17) is 10.2 Å². The highest BCUT2D eigenvalue weighted by molar-refractivity contribution is 7.89. The number of aliphatic hydroxyl groups is 1. The van der Waals surface area contributed by atoms with Crippen LogP contribution in [0.4, 0.5) is 0 Å². The Balaban J connectivity index is 2.16. The number of hydrogen-bond donors (Lipinski definition) is 2. The number of aliphatic carboxylic acids is 1. The molecule has 1 saturated heterocycles. The Labute approximate surface area is 123 Å². The molecule has 0 spiro atoms. The average Bonchev–Trinajstić information content (AvgIpc) is 3.04. The summed E-state index contributed by atoms with van der Waals surface area (Å²) in [6.45, 7) is 0.118. The van der Waals surface area contributed by atoms with Gasteiger partial charge in [0.25, 0.3) is 0 Å². The van der Waals surface area contributed by atoms with Crippen molar-refractivity contribution in [3.05, 3.63) is 12.4 Å². The first-order valence-corrected chi connectivity index (χ1v) is 8.26. The summed E-state index contributed by atoms with van der Waals surface area (Å²) in [5, 5.41) is 21.3. The van der Waals surface area contributed by atoms with Gasteiger partial charge in [-0.2, -0.15) is 9.40 Å². The maximum absolute atomic E-state index is 12.6. The molecule has 1 aromatic rings. The molecule has 0 saturated carbocycles. The Hall–Kier alpha value is -1.45. The minimum atomic E-state index is -3.66. The zero-order valence-corrected chi connectivity index (χ0v) is 12.4. The van der Waals surface area contributed by atoms with Gasteiger partial charge in [-0.25, -0.2) is 8.42 Å². The Morgan fingerprint density at radius 2 is 2.24 bits per heavy atom. The van der Waals surface area contributed by atoms with Crippen molar-refractivity contribution in [3.63, 3.8) is 0 Å². The van der Waals surface area contributed by atoms with Crippen molar-refractivity contribution in [2.24, 2.45) is 0 Å². The van der Waals surface area contributed by atoms with Gasteiger partial charge in [0.05, 0.1) is 6.20 Å². The molecule has 1 unspecified atom stereocenters. The number of aromatic nitrogens is 2. The summed E-state index contributed by atoms with van der Waals surface area (Å²) in [5.74, 6) is -1.08. The van der Waals surface area contributed by atoms with Crippen LogP contribution in [0.15, 0.2) is 17.3 Å². The number of carboxylic acids is 1. The molecule has 0 aliphatic carbocycles. The predicted molar refractivity (Wildman–Crippen MR) is 73.1 cm³/mol. The first kappa shape index (κ1) is 15.9. The molecule has 0 radical (unpaired) electrons. The van der Waals surface area contributed by atoms with Crippen LogP contribution < -0.4 is 0 Å². The number of rotatable bonds is 7. The van der Waals surface area contributed by atoms with Gasteiger partial charge < -0.3 is 10.2 Å². The minimum absolute atomic E-state index is 0.0136. The van der Waals surface area contributed by atoms with Crippen molar-refractivity contribution < 1.29 is 23.4 Å². The summed E-state index contributed by atoms with van der Waals surface area (Å²) in [6, 6.07) is -0.107. The summed E-state index contributed by atoms with van der Waals surface area (Å²) in [4.78, 5) is 10.6. The summed E-state index contributed by atoms with van der Waals surface area (Å²) in [5.41, 5.74) is 0. The van der Waals surface area contributed by atoms with Crippen LogP contribution in [0.3, 0.4) is 0 Å². The molecule has 0 aromatic carbocycles. The Morgan fingerprint density at radius 3 is 2.90 bits per heavy atom. The Morgan fingerprint density at radius 1 is 1.48 bits per heavy atom. The predicted octanol–water partition coefficient (Wildman–Crippen LogP) is -0.107. The lowest BCUT2D eigenvalue weighted by Crippen LogP contribution is -2.35. The number of sulfonamides is 1. The lowest BCUT2D eigenvalue weighted by molar-refractivity contribution is -0.137. The SMILES string of the molecule is O=C(O)Cn1cc(S(=O)(=O)N2CCCC2CCCO)cn1. The van der Waals surface area contributed by atoms with Crippen molar-refractivity contribution in [1.29, 1.82) is 0 Å². The molecule has 2 N–H and O–H groups in total. The molecule has 2 heterocycles. The van der Waals surface area contributed by atoms with E-state index < -0.39 is 16.0 Å². The fourth-order valence-corrected chi connectivity index (χ4v) is 4.26. The van der Waals surface area contributed by atoms with Crippen molar-refractivity contribution in [1.82, 2.24) is 14.1 Å². The highest BCUT2D eigenvalue weighted by Crippen LogP contribution is 2.28. The van der Waals surface area contributed by atoms with Crippen LogP contribution in [-0.4, -0.2) is 57.9 Å². The molecule has 118 valence electrons. The molecule has 8 nitrogen and oxygen atoms in total. The van der Waals surface area contributed by atoms with E-state index in [1.54, 1.807) is 0 Å². The molecule has 21 heavy (non-hydrogen) atoms. The van der Waals surface area contributed by atoms with E-state index in [-0.39, 0.29) is 24.1 Å². The number of nitrogens with zero attached hydrogens (tertiary/aromatic N) is 3. The summed E-state index contributed by atoms with van der Waals surface area (Å²) in [6.07, 6.45) is 5.18. The molecule has 1 aliphatic heterocycles. The molecule has 0 bridgehead atoms. The quantitative estimate of drug-likeness (QED) is 0.726. The fourth-order valence-electron chi connectivity index (χ4n) is 2.58. The van der Waals surface area contributed by atoms with E-state index in [0.29, 0.717) is 19.4 Å². The third-order valence-electron chi connectivity index (χ3n) is 3.53. The minimum Gasteiger partial charge on any atom is -0.480 e. The second kappa shape index (κ2) is 6.54. The number of aliphatic hydroxyl groups excluding tert-OH is 1. The number of hydrogen-bond acceptors (Lipinski definition) is 5. The fraction of sp³-hybridized carbons (Fsp3) is 0.667. The van der Waals surface area contributed by atoms with Crippen LogP contribution in [-0.2, 0) is 21.4 Å². The number of carboxylic acid groups (broad SMARTS) is 1. The monoisotopic (exact) mass is 317 g/mol. The van der Waals surface area contributed by atoms with Gasteiger partial charge in [0, 0.05) is 25.4 Å². The third kappa shape index (κ3) is 3.60.